The molecular weight excluding hydrogens is 352 g/mol. The summed E-state index contributed by atoms with van der Waals surface area (Å²) in [7, 11) is 0. The van der Waals surface area contributed by atoms with Gasteiger partial charge >= 0.3 is 0 Å². The van der Waals surface area contributed by atoms with E-state index in [1.807, 2.05) is 0 Å². The molecule has 0 saturated carbocycles. The Labute approximate surface area is 174 Å². The zero-order valence-corrected chi connectivity index (χ0v) is 18.1. The third kappa shape index (κ3) is 2.73. The van der Waals surface area contributed by atoms with Crippen molar-refractivity contribution in [3.05, 3.63) is 76.6 Å². The molecule has 2 nitrogen and oxygen atoms in total. The van der Waals surface area contributed by atoms with Gasteiger partial charge in [-0.3, -0.25) is 4.57 Å². The van der Waals surface area contributed by atoms with Crippen molar-refractivity contribution in [1.82, 2.24) is 9.55 Å². The quantitative estimate of drug-likeness (QED) is 0.461. The summed E-state index contributed by atoms with van der Waals surface area (Å²) in [5, 5.41) is 0. The first-order chi connectivity index (χ1) is 14.0. The number of rotatable bonds is 3. The molecule has 5 rings (SSSR count). The van der Waals surface area contributed by atoms with E-state index in [0.29, 0.717) is 23.7 Å². The van der Waals surface area contributed by atoms with Crippen LogP contribution in [0.5, 0.6) is 0 Å². The summed E-state index contributed by atoms with van der Waals surface area (Å²) >= 11 is 0. The molecule has 2 aromatic carbocycles. The number of imidazole rings is 1. The van der Waals surface area contributed by atoms with Gasteiger partial charge in [0.2, 0.25) is 0 Å². The van der Waals surface area contributed by atoms with Crippen LogP contribution in [0.1, 0.15) is 92.8 Å². The number of aromatic nitrogens is 2. The van der Waals surface area contributed by atoms with Gasteiger partial charge in [0.1, 0.15) is 5.82 Å². The first kappa shape index (κ1) is 18.4. The summed E-state index contributed by atoms with van der Waals surface area (Å²) in [6.07, 6.45) is 5.64. The van der Waals surface area contributed by atoms with Crippen LogP contribution in [0.15, 0.2) is 48.5 Å². The van der Waals surface area contributed by atoms with Crippen LogP contribution < -0.4 is 0 Å². The Hall–Kier alpha value is -2.61. The first-order valence-corrected chi connectivity index (χ1v) is 11.0. The normalized spacial score (nSPS) is 19.6. The van der Waals surface area contributed by atoms with E-state index in [1.54, 1.807) is 0 Å². The van der Waals surface area contributed by atoms with E-state index in [1.165, 1.54) is 33.6 Å². The lowest BCUT2D eigenvalue weighted by atomic mass is 9.74. The van der Waals surface area contributed by atoms with E-state index in [0.717, 1.165) is 17.9 Å². The molecule has 0 N–H and O–H groups in total. The van der Waals surface area contributed by atoms with Crippen molar-refractivity contribution in [2.45, 2.75) is 64.7 Å². The molecule has 2 heteroatoms. The largest absolute Gasteiger partial charge is 0.295 e. The number of benzene rings is 2. The molecule has 1 aliphatic heterocycles. The number of fused-ring (bicyclic) bond motifs is 2. The standard InChI is InChI=1S/C27H30N2/c1-16(2)20-14-22(17(3)4)25-23(15-20)18(5)21-12-9-13-24-26(21)29(25)27(28-24)19-10-7-6-8-11-19/h6-11,13-18,21H,12H2,1-5H3. The van der Waals surface area contributed by atoms with Gasteiger partial charge in [0.05, 0.1) is 17.1 Å². The Balaban J connectivity index is 1.89. The SMILES string of the molecule is CC(C)c1cc(C(C)C)c2c(c1)C(C)C1CC=Cc3nc(-c4ccccc4)n-2c31. The smallest absolute Gasteiger partial charge is 0.145 e. The maximum atomic E-state index is 5.15. The Morgan fingerprint density at radius 2 is 1.76 bits per heavy atom. The Bertz CT molecular complexity index is 1100. The van der Waals surface area contributed by atoms with E-state index in [2.05, 4.69) is 93.8 Å². The molecule has 0 spiro atoms. The molecule has 0 radical (unpaired) electrons. The number of allylic oxidation sites excluding steroid dienone is 1. The van der Waals surface area contributed by atoms with Crippen molar-refractivity contribution >= 4 is 6.08 Å². The lowest BCUT2D eigenvalue weighted by molar-refractivity contribution is 0.528. The molecule has 0 saturated heterocycles. The van der Waals surface area contributed by atoms with Crippen LogP contribution in [0.2, 0.25) is 0 Å². The minimum absolute atomic E-state index is 0.465. The first-order valence-electron chi connectivity index (χ1n) is 11.0. The van der Waals surface area contributed by atoms with E-state index >= 15 is 0 Å². The second-order valence-electron chi connectivity index (χ2n) is 9.30. The second kappa shape index (κ2) is 6.73. The Morgan fingerprint density at radius 3 is 2.45 bits per heavy atom. The molecule has 2 unspecified atom stereocenters. The molecule has 148 valence electrons. The van der Waals surface area contributed by atoms with Gasteiger partial charge in [0.25, 0.3) is 0 Å². The molecule has 0 amide bonds. The zero-order chi connectivity index (χ0) is 20.3. The van der Waals surface area contributed by atoms with Crippen molar-refractivity contribution in [3.8, 4) is 17.1 Å². The minimum Gasteiger partial charge on any atom is -0.295 e. The Morgan fingerprint density at radius 1 is 1.00 bits per heavy atom. The van der Waals surface area contributed by atoms with Crippen LogP contribution in [0.4, 0.5) is 0 Å². The van der Waals surface area contributed by atoms with Gasteiger partial charge in [-0.15, -0.1) is 0 Å². The number of nitrogens with zero attached hydrogens (tertiary/aromatic N) is 2. The summed E-state index contributed by atoms with van der Waals surface area (Å²) in [6, 6.07) is 15.6. The van der Waals surface area contributed by atoms with Crippen molar-refractivity contribution in [2.75, 3.05) is 0 Å². The molecule has 2 atom stereocenters. The van der Waals surface area contributed by atoms with Crippen LogP contribution in [-0.2, 0) is 0 Å². The van der Waals surface area contributed by atoms with Gasteiger partial charge in [-0.2, -0.15) is 0 Å². The van der Waals surface area contributed by atoms with Crippen molar-refractivity contribution in [3.63, 3.8) is 0 Å². The van der Waals surface area contributed by atoms with Crippen LogP contribution >= 0.6 is 0 Å². The van der Waals surface area contributed by atoms with Crippen LogP contribution in [0, 0.1) is 0 Å². The molecule has 2 aliphatic rings. The van der Waals surface area contributed by atoms with Gasteiger partial charge in [-0.05, 0) is 46.9 Å². The van der Waals surface area contributed by atoms with Crippen molar-refractivity contribution in [2.24, 2.45) is 0 Å². The summed E-state index contributed by atoms with van der Waals surface area (Å²) in [5.41, 5.74) is 9.53. The molecule has 0 fully saturated rings. The molecule has 3 aromatic rings. The average molecular weight is 383 g/mol. The van der Waals surface area contributed by atoms with Crippen LogP contribution in [-0.4, -0.2) is 9.55 Å². The molecule has 2 heterocycles. The predicted molar refractivity (Wildman–Crippen MR) is 122 cm³/mol. The lowest BCUT2D eigenvalue weighted by Gasteiger charge is -2.37. The fourth-order valence-corrected chi connectivity index (χ4v) is 5.11. The predicted octanol–water partition coefficient (Wildman–Crippen LogP) is 7.40. The highest BCUT2D eigenvalue weighted by Gasteiger charge is 2.38. The van der Waals surface area contributed by atoms with E-state index in [4.69, 9.17) is 4.98 Å². The second-order valence-corrected chi connectivity index (χ2v) is 9.30. The highest BCUT2D eigenvalue weighted by Crippen LogP contribution is 2.51. The summed E-state index contributed by atoms with van der Waals surface area (Å²) < 4.78 is 2.51. The maximum absolute atomic E-state index is 5.15. The van der Waals surface area contributed by atoms with Crippen molar-refractivity contribution < 1.29 is 0 Å². The van der Waals surface area contributed by atoms with Gasteiger partial charge in [0, 0.05) is 11.5 Å². The van der Waals surface area contributed by atoms with Gasteiger partial charge in [-0.25, -0.2) is 4.98 Å². The topological polar surface area (TPSA) is 17.8 Å². The van der Waals surface area contributed by atoms with Crippen molar-refractivity contribution in [1.29, 1.82) is 0 Å². The molecule has 29 heavy (non-hydrogen) atoms. The summed E-state index contributed by atoms with van der Waals surface area (Å²) in [5.74, 6) is 3.07. The highest BCUT2D eigenvalue weighted by molar-refractivity contribution is 5.71. The minimum atomic E-state index is 0.465. The molecule has 1 aliphatic carbocycles. The van der Waals surface area contributed by atoms with Crippen LogP contribution in [0.25, 0.3) is 23.2 Å². The summed E-state index contributed by atoms with van der Waals surface area (Å²) in [6.45, 7) is 11.7. The fraction of sp³-hybridized carbons (Fsp3) is 0.370. The fourth-order valence-electron chi connectivity index (χ4n) is 5.11. The molecule has 1 aromatic heterocycles. The Kier molecular flexibility index (Phi) is 4.27. The third-order valence-electron chi connectivity index (χ3n) is 6.79. The van der Waals surface area contributed by atoms with Gasteiger partial charge in [0.15, 0.2) is 0 Å². The third-order valence-corrected chi connectivity index (χ3v) is 6.79. The van der Waals surface area contributed by atoms with Gasteiger partial charge < -0.3 is 0 Å². The van der Waals surface area contributed by atoms with E-state index in [-0.39, 0.29) is 0 Å². The van der Waals surface area contributed by atoms with E-state index in [9.17, 15) is 0 Å². The maximum Gasteiger partial charge on any atom is 0.145 e. The number of hydrogen-bond donors (Lipinski definition) is 0. The number of hydrogen-bond acceptors (Lipinski definition) is 1. The van der Waals surface area contributed by atoms with Crippen LogP contribution in [0.3, 0.4) is 0 Å². The lowest BCUT2D eigenvalue weighted by Crippen LogP contribution is -2.24. The summed E-state index contributed by atoms with van der Waals surface area (Å²) in [4.78, 5) is 5.15. The van der Waals surface area contributed by atoms with E-state index < -0.39 is 0 Å². The van der Waals surface area contributed by atoms with Gasteiger partial charge in [-0.1, -0.05) is 83.2 Å². The zero-order valence-electron chi connectivity index (χ0n) is 18.1. The monoisotopic (exact) mass is 382 g/mol. The molecular formula is C27H30N2. The average Bonchev–Trinajstić information content (AvgIpc) is 3.11. The molecule has 0 bridgehead atoms. The highest BCUT2D eigenvalue weighted by atomic mass is 15.1.